The van der Waals surface area contributed by atoms with Crippen molar-refractivity contribution in [2.75, 3.05) is 62.0 Å². The van der Waals surface area contributed by atoms with Crippen molar-refractivity contribution in [3.05, 3.63) is 69.7 Å². The van der Waals surface area contributed by atoms with Gasteiger partial charge in [-0.3, -0.25) is 9.89 Å². The van der Waals surface area contributed by atoms with Gasteiger partial charge in [0.1, 0.15) is 5.52 Å². The molecule has 2 fully saturated rings. The number of carbonyl (C=O) groups is 1. The van der Waals surface area contributed by atoms with E-state index in [1.807, 2.05) is 36.4 Å². The molecule has 42 heavy (non-hydrogen) atoms. The number of ether oxygens (including phenoxy) is 1. The number of H-pyrrole nitrogens is 1. The van der Waals surface area contributed by atoms with Gasteiger partial charge in [0.25, 0.3) is 5.91 Å². The van der Waals surface area contributed by atoms with Crippen LogP contribution in [0.15, 0.2) is 53.6 Å². The molecule has 2 saturated heterocycles. The number of rotatable bonds is 8. The van der Waals surface area contributed by atoms with Crippen molar-refractivity contribution in [1.29, 1.82) is 0 Å². The smallest absolute Gasteiger partial charge is 0.259 e. The van der Waals surface area contributed by atoms with E-state index in [-0.39, 0.29) is 11.9 Å². The summed E-state index contributed by atoms with van der Waals surface area (Å²) in [5.41, 5.74) is 4.85. The highest BCUT2D eigenvalue weighted by molar-refractivity contribution is 7.98. The number of fused-ring (bicyclic) bond motifs is 1. The molecule has 9 nitrogen and oxygen atoms in total. The third-order valence-electron chi connectivity index (χ3n) is 7.62. The molecule has 0 atom stereocenters. The first-order valence-corrected chi connectivity index (χ1v) is 15.8. The second kappa shape index (κ2) is 13.1. The van der Waals surface area contributed by atoms with Crippen LogP contribution in [0.1, 0.15) is 28.8 Å². The van der Waals surface area contributed by atoms with Gasteiger partial charge in [-0.25, -0.2) is 4.98 Å². The van der Waals surface area contributed by atoms with E-state index in [0.717, 1.165) is 66.5 Å². The SMILES string of the molecule is CN1CCN(c2ccc(C(=O)Nc3n[nH]c4ccc(SCc5cc(Cl)cc(Cl)c5)nc34)c(NC3CCOCC3)c2)CC1. The van der Waals surface area contributed by atoms with Crippen LogP contribution < -0.4 is 15.5 Å². The number of nitrogens with one attached hydrogen (secondary N) is 3. The van der Waals surface area contributed by atoms with Crippen molar-refractivity contribution in [3.8, 4) is 0 Å². The molecule has 0 unspecified atom stereocenters. The summed E-state index contributed by atoms with van der Waals surface area (Å²) in [5.74, 6) is 0.805. The lowest BCUT2D eigenvalue weighted by Crippen LogP contribution is -2.44. The topological polar surface area (TPSA) is 98.4 Å². The van der Waals surface area contributed by atoms with Gasteiger partial charge >= 0.3 is 0 Å². The summed E-state index contributed by atoms with van der Waals surface area (Å²) in [6, 6.07) is 15.6. The van der Waals surface area contributed by atoms with Gasteiger partial charge < -0.3 is 25.2 Å². The Bertz CT molecular complexity index is 1550. The largest absolute Gasteiger partial charge is 0.381 e. The zero-order valence-electron chi connectivity index (χ0n) is 23.3. The molecule has 0 bridgehead atoms. The Labute approximate surface area is 259 Å². The first kappa shape index (κ1) is 29.1. The number of halogens is 2. The molecule has 0 aliphatic carbocycles. The van der Waals surface area contributed by atoms with E-state index >= 15 is 0 Å². The molecule has 2 aromatic carbocycles. The number of pyridine rings is 1. The van der Waals surface area contributed by atoms with Crippen molar-refractivity contribution in [3.63, 3.8) is 0 Å². The van der Waals surface area contributed by atoms with Gasteiger partial charge in [0.05, 0.1) is 16.1 Å². The van der Waals surface area contributed by atoms with E-state index in [9.17, 15) is 4.79 Å². The molecule has 2 aromatic heterocycles. The van der Waals surface area contributed by atoms with Gasteiger partial charge in [-0.05, 0) is 74.0 Å². The molecule has 1 amide bonds. The van der Waals surface area contributed by atoms with Crippen molar-refractivity contribution < 1.29 is 9.53 Å². The number of benzene rings is 2. The Kier molecular flexibility index (Phi) is 9.06. The van der Waals surface area contributed by atoms with Gasteiger partial charge in [-0.2, -0.15) is 5.10 Å². The zero-order valence-corrected chi connectivity index (χ0v) is 25.7. The Balaban J connectivity index is 1.22. The minimum atomic E-state index is -0.240. The number of aromatic nitrogens is 3. The highest BCUT2D eigenvalue weighted by Gasteiger charge is 2.22. The number of piperazine rings is 1. The van der Waals surface area contributed by atoms with E-state index in [0.29, 0.717) is 45.9 Å². The van der Waals surface area contributed by atoms with Crippen LogP contribution in [0.25, 0.3) is 11.0 Å². The summed E-state index contributed by atoms with van der Waals surface area (Å²) in [4.78, 5) is 23.2. The summed E-state index contributed by atoms with van der Waals surface area (Å²) < 4.78 is 5.55. The Hall–Kier alpha value is -3.02. The van der Waals surface area contributed by atoms with Crippen LogP contribution in [0.2, 0.25) is 10.0 Å². The first-order chi connectivity index (χ1) is 20.4. The number of thioether (sulfide) groups is 1. The molecule has 0 saturated carbocycles. The number of aromatic amines is 1. The lowest BCUT2D eigenvalue weighted by Gasteiger charge is -2.34. The number of hydrogen-bond donors (Lipinski definition) is 3. The number of carbonyl (C=O) groups excluding carboxylic acids is 1. The summed E-state index contributed by atoms with van der Waals surface area (Å²) in [5, 5.41) is 16.0. The Morgan fingerprint density at radius 3 is 2.57 bits per heavy atom. The number of likely N-dealkylation sites (N-methyl/N-ethyl adjacent to an activating group) is 1. The number of nitrogens with zero attached hydrogens (tertiary/aromatic N) is 4. The summed E-state index contributed by atoms with van der Waals surface area (Å²) >= 11 is 13.9. The van der Waals surface area contributed by atoms with Gasteiger partial charge in [0, 0.05) is 72.6 Å². The molecule has 4 heterocycles. The van der Waals surface area contributed by atoms with E-state index in [4.69, 9.17) is 32.9 Å². The molecule has 2 aliphatic heterocycles. The van der Waals surface area contributed by atoms with E-state index in [1.165, 1.54) is 0 Å². The van der Waals surface area contributed by atoms with Gasteiger partial charge in [0.2, 0.25) is 0 Å². The highest BCUT2D eigenvalue weighted by atomic mass is 35.5. The number of amides is 1. The first-order valence-electron chi connectivity index (χ1n) is 14.1. The molecule has 0 spiro atoms. The molecule has 6 rings (SSSR count). The fourth-order valence-electron chi connectivity index (χ4n) is 5.25. The van der Waals surface area contributed by atoms with E-state index in [1.54, 1.807) is 17.8 Å². The van der Waals surface area contributed by atoms with Crippen LogP contribution in [0.5, 0.6) is 0 Å². The lowest BCUT2D eigenvalue weighted by atomic mass is 10.1. The van der Waals surface area contributed by atoms with Gasteiger partial charge in [-0.1, -0.05) is 23.2 Å². The zero-order chi connectivity index (χ0) is 29.1. The van der Waals surface area contributed by atoms with Crippen molar-refractivity contribution in [2.45, 2.75) is 29.7 Å². The van der Waals surface area contributed by atoms with Crippen LogP contribution in [0.4, 0.5) is 17.2 Å². The maximum absolute atomic E-state index is 13.7. The standard InChI is InChI=1S/C30H33Cl2N7O2S/c1-38-8-10-39(11-9-38)23-2-3-24(26(17-23)33-22-6-12-41-13-7-22)30(40)35-29-28-25(36-37-29)4-5-27(34-28)42-18-19-14-20(31)16-21(32)15-19/h2-5,14-17,22,33H,6-13,18H2,1H3,(H2,35,36,37,40). The molecule has 220 valence electrons. The van der Waals surface area contributed by atoms with Crippen LogP contribution in [0, 0.1) is 0 Å². The molecule has 12 heteroatoms. The number of anilines is 3. The average molecular weight is 627 g/mol. The molecular formula is C30H33Cl2N7O2S. The fourth-order valence-corrected chi connectivity index (χ4v) is 6.62. The summed E-state index contributed by atoms with van der Waals surface area (Å²) in [7, 11) is 2.15. The third-order valence-corrected chi connectivity index (χ3v) is 9.06. The Morgan fingerprint density at radius 2 is 1.81 bits per heavy atom. The maximum atomic E-state index is 13.7. The minimum Gasteiger partial charge on any atom is -0.381 e. The second-order valence-electron chi connectivity index (χ2n) is 10.7. The molecule has 3 N–H and O–H groups in total. The van der Waals surface area contributed by atoms with Crippen LogP contribution >= 0.6 is 35.0 Å². The maximum Gasteiger partial charge on any atom is 0.259 e. The average Bonchev–Trinajstić information content (AvgIpc) is 3.38. The minimum absolute atomic E-state index is 0.240. The van der Waals surface area contributed by atoms with Crippen LogP contribution in [0.3, 0.4) is 0 Å². The summed E-state index contributed by atoms with van der Waals surface area (Å²) in [6.07, 6.45) is 1.80. The van der Waals surface area contributed by atoms with Crippen molar-refractivity contribution in [2.24, 2.45) is 0 Å². The second-order valence-corrected chi connectivity index (χ2v) is 12.6. The molecule has 2 aliphatic rings. The van der Waals surface area contributed by atoms with Crippen LogP contribution in [-0.2, 0) is 10.5 Å². The molecule has 4 aromatic rings. The van der Waals surface area contributed by atoms with Crippen molar-refractivity contribution in [1.82, 2.24) is 20.1 Å². The summed E-state index contributed by atoms with van der Waals surface area (Å²) in [6.45, 7) is 5.36. The predicted octanol–water partition coefficient (Wildman–Crippen LogP) is 6.15. The normalized spacial score (nSPS) is 16.6. The Morgan fingerprint density at radius 1 is 1.05 bits per heavy atom. The van der Waals surface area contributed by atoms with Crippen LogP contribution in [-0.4, -0.2) is 78.5 Å². The monoisotopic (exact) mass is 625 g/mol. The molecule has 0 radical (unpaired) electrons. The van der Waals surface area contributed by atoms with Gasteiger partial charge in [0.15, 0.2) is 5.82 Å². The van der Waals surface area contributed by atoms with Crippen molar-refractivity contribution >= 4 is 69.1 Å². The molecular weight excluding hydrogens is 593 g/mol. The lowest BCUT2D eigenvalue weighted by molar-refractivity contribution is 0.0904. The van der Waals surface area contributed by atoms with Gasteiger partial charge in [-0.15, -0.1) is 11.8 Å². The van der Waals surface area contributed by atoms with E-state index in [2.05, 4.69) is 43.7 Å². The fraction of sp³-hybridized carbons (Fsp3) is 0.367. The quantitative estimate of drug-likeness (QED) is 0.201. The third kappa shape index (κ3) is 6.95. The predicted molar refractivity (Wildman–Crippen MR) is 171 cm³/mol. The van der Waals surface area contributed by atoms with E-state index < -0.39 is 0 Å². The number of hydrogen-bond acceptors (Lipinski definition) is 8. The highest BCUT2D eigenvalue weighted by Crippen LogP contribution is 2.30.